The maximum Gasteiger partial charge on any atom is 1.00 e. The first kappa shape index (κ1) is 20.4. The molecule has 0 saturated carbocycles. The second-order valence-electron chi connectivity index (χ2n) is 3.31. The minimum atomic E-state index is -4.54. The fraction of sp³-hybridized carbons (Fsp3) is 0.500. The van der Waals surface area contributed by atoms with Gasteiger partial charge >= 0.3 is 29.6 Å². The van der Waals surface area contributed by atoms with Crippen LogP contribution in [0.25, 0.3) is 0 Å². The Bertz CT molecular complexity index is 358. The van der Waals surface area contributed by atoms with Crippen molar-refractivity contribution in [3.8, 4) is 0 Å². The van der Waals surface area contributed by atoms with Crippen molar-refractivity contribution in [2.75, 3.05) is 6.61 Å². The van der Waals surface area contributed by atoms with E-state index in [0.717, 1.165) is 19.3 Å². The second kappa shape index (κ2) is 13.5. The Morgan fingerprint density at radius 2 is 1.50 bits per heavy atom. The SMILES string of the molecule is CC/C=C\C/C=C\C/C=C\CCOS(=O)(=O)[O-].[Na+]. The van der Waals surface area contributed by atoms with Crippen LogP contribution >= 0.6 is 0 Å². The molecule has 0 aromatic heterocycles. The van der Waals surface area contributed by atoms with Gasteiger partial charge in [-0.15, -0.1) is 0 Å². The van der Waals surface area contributed by atoms with Crippen LogP contribution in [0.1, 0.15) is 32.6 Å². The zero-order valence-electron chi connectivity index (χ0n) is 11.0. The molecule has 0 unspecified atom stereocenters. The Morgan fingerprint density at radius 3 is 2.00 bits per heavy atom. The maximum absolute atomic E-state index is 10.1. The Morgan fingerprint density at radius 1 is 1.00 bits per heavy atom. The number of rotatable bonds is 9. The van der Waals surface area contributed by atoms with Crippen molar-refractivity contribution in [3.05, 3.63) is 36.5 Å². The minimum absolute atomic E-state index is 0. The van der Waals surface area contributed by atoms with E-state index < -0.39 is 10.4 Å². The molecule has 0 rings (SSSR count). The molecule has 18 heavy (non-hydrogen) atoms. The number of allylic oxidation sites excluding steroid dienone is 5. The van der Waals surface area contributed by atoms with Crippen molar-refractivity contribution in [1.29, 1.82) is 0 Å². The quantitative estimate of drug-likeness (QED) is 0.192. The monoisotopic (exact) mass is 282 g/mol. The Balaban J connectivity index is 0. The topological polar surface area (TPSA) is 66.4 Å². The molecule has 0 fully saturated rings. The summed E-state index contributed by atoms with van der Waals surface area (Å²) in [5, 5.41) is 0. The van der Waals surface area contributed by atoms with E-state index >= 15 is 0 Å². The summed E-state index contributed by atoms with van der Waals surface area (Å²) in [6.45, 7) is 2.00. The van der Waals surface area contributed by atoms with Crippen LogP contribution in [0.3, 0.4) is 0 Å². The molecule has 0 amide bonds. The molecular weight excluding hydrogens is 263 g/mol. The first-order valence-electron chi connectivity index (χ1n) is 5.61. The van der Waals surface area contributed by atoms with E-state index in [1.807, 2.05) is 12.2 Å². The predicted octanol–water partition coefficient (Wildman–Crippen LogP) is -0.284. The van der Waals surface area contributed by atoms with Crippen molar-refractivity contribution in [1.82, 2.24) is 0 Å². The molecule has 0 aromatic rings. The third kappa shape index (κ3) is 18.5. The van der Waals surface area contributed by atoms with Crippen LogP contribution in [0.5, 0.6) is 0 Å². The predicted molar refractivity (Wildman–Crippen MR) is 67.2 cm³/mol. The van der Waals surface area contributed by atoms with Crippen molar-refractivity contribution in [2.24, 2.45) is 0 Å². The summed E-state index contributed by atoms with van der Waals surface area (Å²) in [5.41, 5.74) is 0. The van der Waals surface area contributed by atoms with Gasteiger partial charge in [0.05, 0.1) is 6.61 Å². The van der Waals surface area contributed by atoms with Gasteiger partial charge in [0, 0.05) is 0 Å². The van der Waals surface area contributed by atoms with Gasteiger partial charge in [0.2, 0.25) is 10.4 Å². The Hall–Kier alpha value is 0.0900. The molecule has 4 nitrogen and oxygen atoms in total. The largest absolute Gasteiger partial charge is 1.00 e. The summed E-state index contributed by atoms with van der Waals surface area (Å²) in [5.74, 6) is 0. The Labute approximate surface area is 132 Å². The molecule has 0 aliphatic carbocycles. The third-order valence-electron chi connectivity index (χ3n) is 1.79. The molecule has 0 atom stereocenters. The van der Waals surface area contributed by atoms with Gasteiger partial charge in [-0.05, 0) is 25.7 Å². The average molecular weight is 282 g/mol. The van der Waals surface area contributed by atoms with Gasteiger partial charge in [-0.2, -0.15) is 0 Å². The van der Waals surface area contributed by atoms with Crippen molar-refractivity contribution < 1.29 is 46.7 Å². The molecule has 0 bridgehead atoms. The first-order valence-corrected chi connectivity index (χ1v) is 6.95. The summed E-state index contributed by atoms with van der Waals surface area (Å²) in [6.07, 6.45) is 15.2. The molecule has 0 radical (unpaired) electrons. The number of hydrogen-bond donors (Lipinski definition) is 0. The molecule has 6 heteroatoms. The summed E-state index contributed by atoms with van der Waals surface area (Å²) in [6, 6.07) is 0. The van der Waals surface area contributed by atoms with Crippen LogP contribution in [-0.2, 0) is 14.6 Å². The third-order valence-corrected chi connectivity index (χ3v) is 2.25. The fourth-order valence-electron chi connectivity index (χ4n) is 1.04. The van der Waals surface area contributed by atoms with Crippen LogP contribution < -0.4 is 29.6 Å². The second-order valence-corrected chi connectivity index (χ2v) is 4.36. The van der Waals surface area contributed by atoms with Gasteiger partial charge in [0.15, 0.2) is 0 Å². The van der Waals surface area contributed by atoms with E-state index in [4.69, 9.17) is 0 Å². The van der Waals surface area contributed by atoms with Crippen molar-refractivity contribution >= 4 is 10.4 Å². The smallest absolute Gasteiger partial charge is 0.726 e. The van der Waals surface area contributed by atoms with E-state index in [-0.39, 0.29) is 36.2 Å². The minimum Gasteiger partial charge on any atom is -0.726 e. The summed E-state index contributed by atoms with van der Waals surface area (Å²) in [4.78, 5) is 0. The van der Waals surface area contributed by atoms with Gasteiger partial charge in [0.1, 0.15) is 0 Å². The van der Waals surface area contributed by atoms with E-state index in [1.165, 1.54) is 0 Å². The van der Waals surface area contributed by atoms with Gasteiger partial charge in [-0.25, -0.2) is 8.42 Å². The summed E-state index contributed by atoms with van der Waals surface area (Å²) >= 11 is 0. The van der Waals surface area contributed by atoms with Gasteiger partial charge in [-0.3, -0.25) is 4.18 Å². The zero-order chi connectivity index (χ0) is 13.0. The van der Waals surface area contributed by atoms with Crippen LogP contribution in [0.2, 0.25) is 0 Å². The molecule has 0 saturated heterocycles. The zero-order valence-corrected chi connectivity index (χ0v) is 13.9. The summed E-state index contributed by atoms with van der Waals surface area (Å²) in [7, 11) is -4.54. The number of hydrogen-bond acceptors (Lipinski definition) is 4. The van der Waals surface area contributed by atoms with Gasteiger partial charge in [0.25, 0.3) is 0 Å². The van der Waals surface area contributed by atoms with E-state index in [0.29, 0.717) is 6.42 Å². The van der Waals surface area contributed by atoms with E-state index in [2.05, 4.69) is 29.3 Å². The molecule has 98 valence electrons. The van der Waals surface area contributed by atoms with E-state index in [1.54, 1.807) is 6.08 Å². The molecule has 0 aliphatic rings. The first-order chi connectivity index (χ1) is 8.06. The molecule has 0 aromatic carbocycles. The molecule has 0 spiro atoms. The molecule has 0 aliphatic heterocycles. The van der Waals surface area contributed by atoms with Gasteiger partial charge < -0.3 is 4.55 Å². The average Bonchev–Trinajstić information content (AvgIpc) is 2.24. The molecule has 0 N–H and O–H groups in total. The van der Waals surface area contributed by atoms with Crippen LogP contribution in [0.15, 0.2) is 36.5 Å². The van der Waals surface area contributed by atoms with Crippen LogP contribution in [0, 0.1) is 0 Å². The van der Waals surface area contributed by atoms with Crippen molar-refractivity contribution in [2.45, 2.75) is 32.6 Å². The molecule has 0 heterocycles. The standard InChI is InChI=1S/C12H20O4S.Na/c1-2-3-4-5-6-7-8-9-10-11-12-16-17(13,14)15;/h3-4,6-7,9-10H,2,5,8,11-12H2,1H3,(H,13,14,15);/q;+1/p-1/b4-3-,7-6-,10-9-;. The summed E-state index contributed by atoms with van der Waals surface area (Å²) < 4.78 is 34.3. The fourth-order valence-corrected chi connectivity index (χ4v) is 1.35. The molecular formula is C12H19NaO4S. The van der Waals surface area contributed by atoms with Gasteiger partial charge in [-0.1, -0.05) is 43.4 Å². The van der Waals surface area contributed by atoms with Crippen molar-refractivity contribution in [3.63, 3.8) is 0 Å². The Kier molecular flexibility index (Phi) is 15.3. The maximum atomic E-state index is 10.1. The normalized spacial score (nSPS) is 12.6. The van der Waals surface area contributed by atoms with Crippen LogP contribution in [-0.4, -0.2) is 19.6 Å². The van der Waals surface area contributed by atoms with E-state index in [9.17, 15) is 13.0 Å². The van der Waals surface area contributed by atoms with Crippen LogP contribution in [0.4, 0.5) is 0 Å².